The molecule has 0 amide bonds. The highest BCUT2D eigenvalue weighted by Crippen LogP contribution is 2.28. The van der Waals surface area contributed by atoms with Crippen LogP contribution in [0.2, 0.25) is 0 Å². The average Bonchev–Trinajstić information content (AvgIpc) is 2.60. The smallest absolute Gasteiger partial charge is 0.141 e. The molecule has 4 heteroatoms. The molecule has 80 valence electrons. The third kappa shape index (κ3) is 1.92. The van der Waals surface area contributed by atoms with Crippen LogP contribution in [-0.4, -0.2) is 0 Å². The van der Waals surface area contributed by atoms with Gasteiger partial charge in [0.1, 0.15) is 17.2 Å². The summed E-state index contributed by atoms with van der Waals surface area (Å²) in [5, 5.41) is 0.863. The summed E-state index contributed by atoms with van der Waals surface area (Å²) < 4.78 is 19.1. The van der Waals surface area contributed by atoms with Crippen molar-refractivity contribution in [2.24, 2.45) is 5.73 Å². The summed E-state index contributed by atoms with van der Waals surface area (Å²) in [5.74, 6) is 0.374. The highest BCUT2D eigenvalue weighted by molar-refractivity contribution is 9.10. The second-order valence-corrected chi connectivity index (χ2v) is 4.32. The van der Waals surface area contributed by atoms with E-state index in [2.05, 4.69) is 15.9 Å². The summed E-state index contributed by atoms with van der Waals surface area (Å²) >= 11 is 3.13. The molecule has 0 saturated carbocycles. The topological polar surface area (TPSA) is 39.2 Å². The summed E-state index contributed by atoms with van der Waals surface area (Å²) in [7, 11) is 0. The van der Waals surface area contributed by atoms with Crippen LogP contribution in [0.5, 0.6) is 0 Å². The Kier molecular flexibility index (Phi) is 2.80. The molecule has 0 spiro atoms. The summed E-state index contributed by atoms with van der Waals surface area (Å²) in [4.78, 5) is 0. The molecule has 2 nitrogen and oxygen atoms in total. The minimum Gasteiger partial charge on any atom is -0.459 e. The van der Waals surface area contributed by atoms with Gasteiger partial charge >= 0.3 is 0 Å². The highest BCUT2D eigenvalue weighted by Gasteiger charge is 2.12. The van der Waals surface area contributed by atoms with E-state index in [1.54, 1.807) is 6.07 Å². The first-order chi connectivity index (χ1) is 7.11. The van der Waals surface area contributed by atoms with Crippen molar-refractivity contribution in [1.29, 1.82) is 0 Å². The SMILES string of the molecule is CCC(N)c1cc2cc(Br)c(F)cc2o1. The molecule has 1 aromatic carbocycles. The second kappa shape index (κ2) is 3.94. The van der Waals surface area contributed by atoms with Crippen LogP contribution < -0.4 is 5.73 Å². The van der Waals surface area contributed by atoms with Crippen LogP contribution in [0.15, 0.2) is 27.1 Å². The van der Waals surface area contributed by atoms with E-state index in [4.69, 9.17) is 10.2 Å². The Hall–Kier alpha value is -0.870. The predicted molar refractivity (Wildman–Crippen MR) is 61.1 cm³/mol. The van der Waals surface area contributed by atoms with Crippen LogP contribution in [0.1, 0.15) is 25.1 Å². The van der Waals surface area contributed by atoms with Gasteiger partial charge in [0.2, 0.25) is 0 Å². The van der Waals surface area contributed by atoms with Gasteiger partial charge in [-0.2, -0.15) is 0 Å². The predicted octanol–water partition coefficient (Wildman–Crippen LogP) is 3.74. The molecule has 1 unspecified atom stereocenters. The van der Waals surface area contributed by atoms with E-state index in [9.17, 15) is 4.39 Å². The lowest BCUT2D eigenvalue weighted by Crippen LogP contribution is -2.06. The van der Waals surface area contributed by atoms with E-state index >= 15 is 0 Å². The van der Waals surface area contributed by atoms with Crippen molar-refractivity contribution in [3.8, 4) is 0 Å². The molecule has 0 fully saturated rings. The maximum absolute atomic E-state index is 13.2. The van der Waals surface area contributed by atoms with Crippen molar-refractivity contribution in [1.82, 2.24) is 0 Å². The molecule has 1 heterocycles. The zero-order chi connectivity index (χ0) is 11.0. The fraction of sp³-hybridized carbons (Fsp3) is 0.273. The number of furan rings is 1. The second-order valence-electron chi connectivity index (χ2n) is 3.47. The Morgan fingerprint density at radius 3 is 2.87 bits per heavy atom. The number of hydrogen-bond donors (Lipinski definition) is 1. The molecule has 0 bridgehead atoms. The third-order valence-electron chi connectivity index (χ3n) is 2.38. The number of benzene rings is 1. The van der Waals surface area contributed by atoms with Gasteiger partial charge in [-0.1, -0.05) is 6.92 Å². The number of rotatable bonds is 2. The molecule has 2 N–H and O–H groups in total. The van der Waals surface area contributed by atoms with E-state index < -0.39 is 0 Å². The number of nitrogens with two attached hydrogens (primary N) is 1. The summed E-state index contributed by atoms with van der Waals surface area (Å²) in [6.07, 6.45) is 0.795. The standard InChI is InChI=1S/C11H11BrFNO/c1-2-9(14)11-4-6-3-7(12)8(13)5-10(6)15-11/h3-5,9H,2,14H2,1H3. The Morgan fingerprint density at radius 1 is 1.47 bits per heavy atom. The van der Waals surface area contributed by atoms with Crippen LogP contribution in [0.4, 0.5) is 4.39 Å². The summed E-state index contributed by atoms with van der Waals surface area (Å²) in [6.45, 7) is 1.98. The molecule has 0 radical (unpaired) electrons. The quantitative estimate of drug-likeness (QED) is 0.904. The van der Waals surface area contributed by atoms with Gasteiger partial charge in [0.15, 0.2) is 0 Å². The van der Waals surface area contributed by atoms with E-state index in [0.717, 1.165) is 11.8 Å². The van der Waals surface area contributed by atoms with E-state index in [0.29, 0.717) is 15.8 Å². The van der Waals surface area contributed by atoms with Gasteiger partial charge in [0.05, 0.1) is 10.5 Å². The Labute approximate surface area is 95.4 Å². The molecular weight excluding hydrogens is 261 g/mol. The summed E-state index contributed by atoms with van der Waals surface area (Å²) in [5.41, 5.74) is 6.37. The van der Waals surface area contributed by atoms with Crippen molar-refractivity contribution in [2.75, 3.05) is 0 Å². The number of halogens is 2. The van der Waals surface area contributed by atoms with Crippen LogP contribution in [-0.2, 0) is 0 Å². The zero-order valence-corrected chi connectivity index (χ0v) is 9.84. The first kappa shape index (κ1) is 10.6. The van der Waals surface area contributed by atoms with Gasteiger partial charge in [0.25, 0.3) is 0 Å². The normalized spacial score (nSPS) is 13.3. The van der Waals surface area contributed by atoms with E-state index in [1.165, 1.54) is 6.07 Å². The molecule has 15 heavy (non-hydrogen) atoms. The van der Waals surface area contributed by atoms with Gasteiger partial charge in [-0.05, 0) is 34.5 Å². The largest absolute Gasteiger partial charge is 0.459 e. The van der Waals surface area contributed by atoms with Gasteiger partial charge in [0, 0.05) is 11.5 Å². The summed E-state index contributed by atoms with van der Waals surface area (Å²) in [6, 6.07) is 4.79. The van der Waals surface area contributed by atoms with Crippen molar-refractivity contribution in [3.05, 3.63) is 34.2 Å². The van der Waals surface area contributed by atoms with Gasteiger partial charge in [-0.25, -0.2) is 4.39 Å². The van der Waals surface area contributed by atoms with Gasteiger partial charge in [-0.15, -0.1) is 0 Å². The fourth-order valence-electron chi connectivity index (χ4n) is 1.44. The maximum Gasteiger partial charge on any atom is 0.141 e. The molecule has 2 aromatic rings. The zero-order valence-electron chi connectivity index (χ0n) is 8.26. The minimum atomic E-state index is -0.325. The Bertz CT molecular complexity index is 456. The van der Waals surface area contributed by atoms with Crippen LogP contribution >= 0.6 is 15.9 Å². The van der Waals surface area contributed by atoms with E-state index in [1.807, 2.05) is 13.0 Å². The molecule has 0 aliphatic heterocycles. The molecular formula is C11H11BrFNO. The fourth-order valence-corrected chi connectivity index (χ4v) is 1.80. The van der Waals surface area contributed by atoms with Crippen LogP contribution in [0.25, 0.3) is 11.0 Å². The molecule has 0 saturated heterocycles. The lowest BCUT2D eigenvalue weighted by Gasteiger charge is -2.02. The molecule has 0 aliphatic carbocycles. The molecule has 2 rings (SSSR count). The van der Waals surface area contributed by atoms with Crippen LogP contribution in [0, 0.1) is 5.82 Å². The molecule has 0 aliphatic rings. The Morgan fingerprint density at radius 2 is 2.20 bits per heavy atom. The molecule has 1 atom stereocenters. The van der Waals surface area contributed by atoms with Crippen molar-refractivity contribution >= 4 is 26.9 Å². The average molecular weight is 272 g/mol. The highest BCUT2D eigenvalue weighted by atomic mass is 79.9. The monoisotopic (exact) mass is 271 g/mol. The van der Waals surface area contributed by atoms with Gasteiger partial charge < -0.3 is 10.2 Å². The number of fused-ring (bicyclic) bond motifs is 1. The lowest BCUT2D eigenvalue weighted by atomic mass is 10.2. The number of hydrogen-bond acceptors (Lipinski definition) is 2. The minimum absolute atomic E-state index is 0.126. The first-order valence-corrected chi connectivity index (χ1v) is 5.55. The van der Waals surface area contributed by atoms with Crippen molar-refractivity contribution in [2.45, 2.75) is 19.4 Å². The maximum atomic E-state index is 13.2. The van der Waals surface area contributed by atoms with Crippen molar-refractivity contribution < 1.29 is 8.81 Å². The third-order valence-corrected chi connectivity index (χ3v) is 2.99. The van der Waals surface area contributed by atoms with Crippen molar-refractivity contribution in [3.63, 3.8) is 0 Å². The van der Waals surface area contributed by atoms with Crippen LogP contribution in [0.3, 0.4) is 0 Å². The first-order valence-electron chi connectivity index (χ1n) is 4.76. The lowest BCUT2D eigenvalue weighted by molar-refractivity contribution is 0.486. The van der Waals surface area contributed by atoms with Gasteiger partial charge in [-0.3, -0.25) is 0 Å². The Balaban J connectivity index is 2.56. The molecule has 1 aromatic heterocycles. The van der Waals surface area contributed by atoms with E-state index in [-0.39, 0.29) is 11.9 Å².